The van der Waals surface area contributed by atoms with Crippen LogP contribution < -0.4 is 26.5 Å². The maximum absolute atomic E-state index is 11.9. The van der Waals surface area contributed by atoms with Gasteiger partial charge in [0.1, 0.15) is 0 Å². The molecule has 0 saturated carbocycles. The van der Waals surface area contributed by atoms with Gasteiger partial charge in [-0.3, -0.25) is 0 Å². The van der Waals surface area contributed by atoms with E-state index in [2.05, 4.69) is 10.8 Å². The molecule has 92 valence electrons. The molecule has 0 N–H and O–H groups in total. The topological polar surface area (TPSA) is 18.5 Å². The molecule has 0 aliphatic rings. The van der Waals surface area contributed by atoms with E-state index in [1.54, 1.807) is 0 Å². The number of hydrogen-bond acceptors (Lipinski definition) is 2. The van der Waals surface area contributed by atoms with Crippen molar-refractivity contribution in [2.75, 3.05) is 6.61 Å². The summed E-state index contributed by atoms with van der Waals surface area (Å²) >= 11 is 0. The Balaban J connectivity index is 0. The molecule has 0 spiro atoms. The van der Waals surface area contributed by atoms with Crippen molar-refractivity contribution in [3.8, 4) is 11.5 Å². The third kappa shape index (κ3) is 8.56. The monoisotopic (exact) mass is 322 g/mol. The van der Waals surface area contributed by atoms with E-state index in [0.29, 0.717) is 6.61 Å². The van der Waals surface area contributed by atoms with Gasteiger partial charge in [-0.25, -0.2) is 0 Å². The fraction of sp³-hybridized carbons (Fsp3) is 0.400. The average molecular weight is 323 g/mol. The molecule has 17 heavy (non-hydrogen) atoms. The van der Waals surface area contributed by atoms with Gasteiger partial charge >= 0.3 is 29.4 Å². The molecule has 0 amide bonds. The van der Waals surface area contributed by atoms with Crippen molar-refractivity contribution in [1.82, 2.24) is 0 Å². The molecule has 2 nitrogen and oxygen atoms in total. The van der Waals surface area contributed by atoms with Crippen molar-refractivity contribution in [3.05, 3.63) is 24.3 Å². The number of rotatable bonds is 4. The Hall–Kier alpha value is -0.144. The van der Waals surface area contributed by atoms with Gasteiger partial charge in [0.05, 0.1) is 6.61 Å². The largest absolute Gasteiger partial charge is 2.00 e. The van der Waals surface area contributed by atoms with Gasteiger partial charge in [-0.1, -0.05) is 13.0 Å². The molecule has 0 radical (unpaired) electrons. The molecule has 0 atom stereocenters. The van der Waals surface area contributed by atoms with Crippen LogP contribution in [0.5, 0.6) is 11.5 Å². The van der Waals surface area contributed by atoms with Crippen LogP contribution in [0.3, 0.4) is 0 Å². The van der Waals surface area contributed by atoms with Gasteiger partial charge in [-0.05, 0) is 6.42 Å². The molecule has 0 aliphatic heterocycles. The third-order valence-electron chi connectivity index (χ3n) is 1.44. The second kappa shape index (κ2) is 8.88. The predicted octanol–water partition coefficient (Wildman–Crippen LogP) is -0.203. The summed E-state index contributed by atoms with van der Waals surface area (Å²) in [5, 5.41) is 0. The number of hydrogen-bond donors (Lipinski definition) is 0. The van der Waals surface area contributed by atoms with E-state index in [4.69, 9.17) is 4.74 Å². The molecule has 1 aromatic carbocycles. The summed E-state index contributed by atoms with van der Waals surface area (Å²) in [6.07, 6.45) is -3.90. The average Bonchev–Trinajstić information content (AvgIpc) is 2.12. The summed E-state index contributed by atoms with van der Waals surface area (Å²) in [5.41, 5.74) is 0. The molecule has 0 aromatic heterocycles. The molecule has 0 heterocycles. The summed E-state index contributed by atoms with van der Waals surface area (Å²) in [4.78, 5) is 0. The minimum absolute atomic E-state index is 0. The Morgan fingerprint density at radius 2 is 2.00 bits per heavy atom. The normalized spacial score (nSPS) is 9.88. The first kappa shape index (κ1) is 19.2. The molecule has 1 aromatic rings. The second-order valence-electron chi connectivity index (χ2n) is 2.78. The number of benzene rings is 1. The summed E-state index contributed by atoms with van der Waals surface area (Å²) in [6, 6.07) is 6.31. The van der Waals surface area contributed by atoms with E-state index >= 15 is 0 Å². The first-order chi connectivity index (χ1) is 7.01. The van der Waals surface area contributed by atoms with E-state index in [9.17, 15) is 13.2 Å². The van der Waals surface area contributed by atoms with Crippen molar-refractivity contribution in [2.24, 2.45) is 0 Å². The Labute approximate surface area is 124 Å². The summed E-state index contributed by atoms with van der Waals surface area (Å²) in [7, 11) is 0. The van der Waals surface area contributed by atoms with Gasteiger partial charge in [0.15, 0.2) is 0 Å². The van der Waals surface area contributed by atoms with Crippen LogP contribution in [-0.2, 0) is 0 Å². The van der Waals surface area contributed by atoms with E-state index in [-0.39, 0.29) is 51.5 Å². The van der Waals surface area contributed by atoms with Crippen LogP contribution in [0.2, 0.25) is 0 Å². The molecule has 7 heteroatoms. The fourth-order valence-electron chi connectivity index (χ4n) is 0.917. The number of halogens is 4. The maximum atomic E-state index is 11.9. The SMILES string of the molecule is CCCOc1[c-]ccc(OC(F)(F)F)c1.[Br-].[Mg+2]. The van der Waals surface area contributed by atoms with Crippen LogP contribution in [0.4, 0.5) is 13.2 Å². The zero-order chi connectivity index (χ0) is 11.3. The molecule has 0 aliphatic carbocycles. The minimum atomic E-state index is -4.68. The molecular weight excluding hydrogens is 313 g/mol. The molecule has 0 saturated heterocycles. The molecular formula is C10H10BrF3MgO2. The van der Waals surface area contributed by atoms with Crippen molar-refractivity contribution >= 4 is 23.1 Å². The van der Waals surface area contributed by atoms with Gasteiger partial charge in [0.2, 0.25) is 0 Å². The van der Waals surface area contributed by atoms with Gasteiger partial charge in [0, 0.05) is 11.5 Å². The molecule has 0 bridgehead atoms. The first-order valence-corrected chi connectivity index (χ1v) is 4.41. The van der Waals surface area contributed by atoms with E-state index in [1.165, 1.54) is 12.1 Å². The maximum Gasteiger partial charge on any atom is 2.00 e. The van der Waals surface area contributed by atoms with Gasteiger partial charge in [-0.15, -0.1) is 25.3 Å². The summed E-state index contributed by atoms with van der Waals surface area (Å²) in [6.45, 7) is 2.34. The van der Waals surface area contributed by atoms with Crippen LogP contribution in [-0.4, -0.2) is 36.0 Å². The smallest absolute Gasteiger partial charge is 1.00 e. The van der Waals surface area contributed by atoms with E-state index < -0.39 is 6.36 Å². The van der Waals surface area contributed by atoms with Crippen LogP contribution in [0.1, 0.15) is 13.3 Å². The quantitative estimate of drug-likeness (QED) is 0.564. The molecule has 1 rings (SSSR count). The molecule has 0 fully saturated rings. The van der Waals surface area contributed by atoms with Crippen LogP contribution in [0.15, 0.2) is 18.2 Å². The van der Waals surface area contributed by atoms with Crippen LogP contribution in [0, 0.1) is 6.07 Å². The standard InChI is InChI=1S/C10H10F3O2.BrH.Mg/c1-2-6-14-8-4-3-5-9(7-8)15-10(11,12)13;;/h3,5,7H,2,6H2,1H3;1H;/q-1;;+2/p-1. The fourth-order valence-corrected chi connectivity index (χ4v) is 0.917. The van der Waals surface area contributed by atoms with Crippen molar-refractivity contribution < 1.29 is 39.6 Å². The van der Waals surface area contributed by atoms with Gasteiger partial charge in [-0.2, -0.15) is 6.07 Å². The van der Waals surface area contributed by atoms with E-state index in [1.807, 2.05) is 6.92 Å². The number of ether oxygens (including phenoxy) is 2. The van der Waals surface area contributed by atoms with Gasteiger partial charge in [0.25, 0.3) is 0 Å². The zero-order valence-electron chi connectivity index (χ0n) is 9.18. The Kier molecular flexibility index (Phi) is 10.0. The minimum Gasteiger partial charge on any atom is -1.00 e. The third-order valence-corrected chi connectivity index (χ3v) is 1.44. The Bertz CT molecular complexity index is 321. The van der Waals surface area contributed by atoms with E-state index in [0.717, 1.165) is 12.5 Å². The van der Waals surface area contributed by atoms with Crippen molar-refractivity contribution in [2.45, 2.75) is 19.7 Å². The Morgan fingerprint density at radius 1 is 1.35 bits per heavy atom. The first-order valence-electron chi connectivity index (χ1n) is 4.41. The summed E-state index contributed by atoms with van der Waals surface area (Å²) < 4.78 is 44.4. The number of alkyl halides is 3. The summed E-state index contributed by atoms with van der Waals surface area (Å²) in [5.74, 6) is -0.0500. The van der Waals surface area contributed by atoms with Crippen molar-refractivity contribution in [3.63, 3.8) is 0 Å². The zero-order valence-corrected chi connectivity index (χ0v) is 12.2. The van der Waals surface area contributed by atoms with Gasteiger partial charge < -0.3 is 26.5 Å². The second-order valence-corrected chi connectivity index (χ2v) is 2.78. The molecule has 0 unspecified atom stereocenters. The predicted molar refractivity (Wildman–Crippen MR) is 53.5 cm³/mol. The van der Waals surface area contributed by atoms with Crippen molar-refractivity contribution in [1.29, 1.82) is 0 Å². The van der Waals surface area contributed by atoms with Crippen LogP contribution >= 0.6 is 0 Å². The Morgan fingerprint density at radius 3 is 2.53 bits per heavy atom. The van der Waals surface area contributed by atoms with Crippen LogP contribution in [0.25, 0.3) is 0 Å².